The molecule has 1 rings (SSSR count). The van der Waals surface area contributed by atoms with Crippen LogP contribution in [-0.4, -0.2) is 250 Å². The Morgan fingerprint density at radius 3 is 1.55 bits per heavy atom. The minimum atomic E-state index is -1.71. The standard InChI is InChI=1S/C58H100N12O14/c1-22-25-26-34(10)48(74)47-52(78)61-39(23-2)54(80)64(15)30-44(73)65(16)36(12)49(75)62-40(29-59-43(72)24-3)55(81)66(17)37(13)50(76)63-45(38(14)71)51(77)60-35(11)53(79)67(18)41(27-31(4)5)56(82)68(19)42(28-32(6)7)57(83)69(20)46(33(8)9)58(84)70(47)21/h22,24-25,31-42,45-48,71,74H,3,23,26-30H2,1-2,4-21H3,(H,59,72)(H,60,77)(H,61,78)(H,62,75)(H,63,76)/b25-22+/t34-,35-,36+,37-,38-,39+,40+,41+,42+,45+,46+,47+,48-/m1/s1. The van der Waals surface area contributed by atoms with Gasteiger partial charge in [0.25, 0.3) is 0 Å². The molecule has 1 aliphatic rings. The second-order valence-corrected chi connectivity index (χ2v) is 23.4. The zero-order chi connectivity index (χ0) is 65.1. The summed E-state index contributed by atoms with van der Waals surface area (Å²) < 4.78 is 0. The molecule has 0 aliphatic carbocycles. The van der Waals surface area contributed by atoms with Crippen LogP contribution >= 0.6 is 0 Å². The van der Waals surface area contributed by atoms with Crippen LogP contribution < -0.4 is 26.6 Å². The fourth-order valence-corrected chi connectivity index (χ4v) is 9.64. The van der Waals surface area contributed by atoms with E-state index in [4.69, 9.17) is 0 Å². The topological polar surface area (TPSA) is 328 Å². The van der Waals surface area contributed by atoms with Gasteiger partial charge in [0.1, 0.15) is 60.4 Å². The molecule has 26 nitrogen and oxygen atoms in total. The number of likely N-dealkylation sites (N-methyl/N-ethyl adjacent to an activating group) is 7. The van der Waals surface area contributed by atoms with Gasteiger partial charge in [-0.05, 0) is 90.0 Å². The van der Waals surface area contributed by atoms with E-state index in [1.54, 1.807) is 46.8 Å². The molecule has 0 bridgehead atoms. The Morgan fingerprint density at radius 1 is 0.595 bits per heavy atom. The van der Waals surface area contributed by atoms with Gasteiger partial charge in [-0.15, -0.1) is 0 Å². The molecular formula is C58H100N12O14. The molecule has 84 heavy (non-hydrogen) atoms. The van der Waals surface area contributed by atoms with Gasteiger partial charge in [0.05, 0.1) is 18.8 Å². The average molecular weight is 1190 g/mol. The second-order valence-electron chi connectivity index (χ2n) is 23.4. The van der Waals surface area contributed by atoms with Crippen LogP contribution in [0.2, 0.25) is 0 Å². The van der Waals surface area contributed by atoms with Gasteiger partial charge in [0.2, 0.25) is 70.9 Å². The van der Waals surface area contributed by atoms with Crippen LogP contribution in [0.15, 0.2) is 24.8 Å². The Hall–Kier alpha value is -6.96. The first-order chi connectivity index (χ1) is 38.9. The number of carbonyl (C=O) groups is 12. The number of hydrogen-bond acceptors (Lipinski definition) is 14. The van der Waals surface area contributed by atoms with Crippen LogP contribution in [-0.2, 0) is 57.5 Å². The molecule has 0 aromatic heterocycles. The first-order valence-electron chi connectivity index (χ1n) is 28.8. The maximum absolute atomic E-state index is 15.1. The maximum Gasteiger partial charge on any atom is 0.247 e. The van der Waals surface area contributed by atoms with E-state index in [1.807, 2.05) is 27.7 Å². The highest BCUT2D eigenvalue weighted by Crippen LogP contribution is 2.25. The molecule has 12 amide bonds. The van der Waals surface area contributed by atoms with Crippen LogP contribution in [0, 0.1) is 23.7 Å². The average Bonchev–Trinajstić information content (AvgIpc) is 3.65. The molecule has 13 atom stereocenters. The van der Waals surface area contributed by atoms with Crippen LogP contribution in [0.4, 0.5) is 0 Å². The van der Waals surface area contributed by atoms with Crippen molar-refractivity contribution < 1.29 is 67.7 Å². The zero-order valence-electron chi connectivity index (χ0n) is 53.3. The SMILES string of the molecule is C=CC(=O)NC[C@@H]1NC(=O)[C@H](C)N(C)C(=O)CN(C)C(=O)[C@H](CC)NC(=O)[C@H]([C@H](O)[C@H](C)C/C=C/C)N(C)C(=O)[C@H](C(C)C)N(C)C(=O)[C@H](CC(C)C)N(C)C(=O)[C@H](CC(C)C)N(C)C(=O)[C@@H](C)NC(=O)[C@H]([C@@H](C)O)NC(=O)[C@@H](C)N(C)C1=O. The third-order valence-electron chi connectivity index (χ3n) is 15.4. The number of nitrogens with zero attached hydrogens (tertiary/aromatic N) is 7. The molecule has 0 spiro atoms. The van der Waals surface area contributed by atoms with Gasteiger partial charge in [-0.1, -0.05) is 74.1 Å². The molecule has 1 heterocycles. The van der Waals surface area contributed by atoms with Crippen molar-refractivity contribution in [3.63, 3.8) is 0 Å². The zero-order valence-corrected chi connectivity index (χ0v) is 53.3. The highest BCUT2D eigenvalue weighted by atomic mass is 16.3. The molecule has 0 aromatic carbocycles. The van der Waals surface area contributed by atoms with Gasteiger partial charge in [-0.2, -0.15) is 0 Å². The first kappa shape index (κ1) is 75.1. The number of nitrogens with one attached hydrogen (secondary N) is 5. The van der Waals surface area contributed by atoms with Gasteiger partial charge in [0.15, 0.2) is 0 Å². The van der Waals surface area contributed by atoms with Gasteiger partial charge in [-0.3, -0.25) is 57.5 Å². The van der Waals surface area contributed by atoms with E-state index in [-0.39, 0.29) is 37.5 Å². The Morgan fingerprint density at radius 2 is 1.07 bits per heavy atom. The predicted molar refractivity (Wildman–Crippen MR) is 315 cm³/mol. The molecule has 1 saturated heterocycles. The molecule has 0 radical (unpaired) electrons. The molecule has 476 valence electrons. The van der Waals surface area contributed by atoms with E-state index in [9.17, 15) is 58.2 Å². The number of aliphatic hydroxyl groups excluding tert-OH is 2. The Kier molecular flexibility index (Phi) is 30.5. The first-order valence-corrected chi connectivity index (χ1v) is 28.8. The molecular weight excluding hydrogens is 1090 g/mol. The number of amides is 12. The van der Waals surface area contributed by atoms with E-state index < -0.39 is 168 Å². The van der Waals surface area contributed by atoms with Crippen molar-refractivity contribution in [3.05, 3.63) is 24.8 Å². The van der Waals surface area contributed by atoms with Gasteiger partial charge in [0, 0.05) is 55.9 Å². The monoisotopic (exact) mass is 1190 g/mol. The fourth-order valence-electron chi connectivity index (χ4n) is 9.64. The summed E-state index contributed by atoms with van der Waals surface area (Å²) in [5, 5.41) is 35.4. The molecule has 0 saturated carbocycles. The maximum atomic E-state index is 15.1. The lowest BCUT2D eigenvalue weighted by atomic mass is 9.91. The fraction of sp³-hybridized carbons (Fsp3) is 0.724. The Bertz CT molecular complexity index is 2380. The van der Waals surface area contributed by atoms with E-state index in [1.165, 1.54) is 86.8 Å². The third-order valence-corrected chi connectivity index (χ3v) is 15.4. The van der Waals surface area contributed by atoms with Crippen molar-refractivity contribution in [2.24, 2.45) is 23.7 Å². The van der Waals surface area contributed by atoms with Crippen LogP contribution in [0.1, 0.15) is 116 Å². The minimum Gasteiger partial charge on any atom is -0.391 e. The second kappa shape index (κ2) is 34.1. The summed E-state index contributed by atoms with van der Waals surface area (Å²) in [4.78, 5) is 178. The quantitative estimate of drug-likeness (QED) is 0.0830. The highest BCUT2D eigenvalue weighted by molar-refractivity contribution is 6.00. The smallest absolute Gasteiger partial charge is 0.247 e. The summed E-state index contributed by atoms with van der Waals surface area (Å²) in [6.07, 6.45) is 1.80. The van der Waals surface area contributed by atoms with Crippen molar-refractivity contribution in [1.82, 2.24) is 60.9 Å². The van der Waals surface area contributed by atoms with Crippen molar-refractivity contribution in [1.29, 1.82) is 0 Å². The summed E-state index contributed by atoms with van der Waals surface area (Å²) in [6.45, 7) is 23.2. The van der Waals surface area contributed by atoms with E-state index in [2.05, 4.69) is 33.2 Å². The van der Waals surface area contributed by atoms with Crippen molar-refractivity contribution >= 4 is 70.9 Å². The number of aliphatic hydroxyl groups is 2. The minimum absolute atomic E-state index is 0.0224. The number of carbonyl (C=O) groups excluding carboxylic acids is 12. The highest BCUT2D eigenvalue weighted by Gasteiger charge is 2.45. The predicted octanol–water partition coefficient (Wildman–Crippen LogP) is -0.776. The molecule has 1 aliphatic heterocycles. The number of rotatable bonds is 14. The van der Waals surface area contributed by atoms with Crippen LogP contribution in [0.5, 0.6) is 0 Å². The number of allylic oxidation sites excluding steroid dienone is 2. The summed E-state index contributed by atoms with van der Waals surface area (Å²) in [5.41, 5.74) is 0. The summed E-state index contributed by atoms with van der Waals surface area (Å²) in [7, 11) is 9.27. The molecule has 26 heteroatoms. The third kappa shape index (κ3) is 20.4. The normalized spacial score (nSPS) is 27.1. The lowest BCUT2D eigenvalue weighted by Gasteiger charge is -2.41. The van der Waals surface area contributed by atoms with Crippen molar-refractivity contribution in [2.75, 3.05) is 62.4 Å². The summed E-state index contributed by atoms with van der Waals surface area (Å²) in [6, 6.07) is -14.1. The summed E-state index contributed by atoms with van der Waals surface area (Å²) >= 11 is 0. The lowest BCUT2D eigenvalue weighted by Crippen LogP contribution is -2.63. The molecule has 0 aromatic rings. The molecule has 0 unspecified atom stereocenters. The van der Waals surface area contributed by atoms with Crippen LogP contribution in [0.3, 0.4) is 0 Å². The molecule has 7 N–H and O–H groups in total. The Labute approximate surface area is 497 Å². The van der Waals surface area contributed by atoms with Crippen molar-refractivity contribution in [3.8, 4) is 0 Å². The largest absolute Gasteiger partial charge is 0.391 e. The van der Waals surface area contributed by atoms with E-state index in [0.29, 0.717) is 0 Å². The van der Waals surface area contributed by atoms with Gasteiger partial charge < -0.3 is 71.1 Å². The lowest BCUT2D eigenvalue weighted by molar-refractivity contribution is -0.157. The van der Waals surface area contributed by atoms with Gasteiger partial charge >= 0.3 is 0 Å². The van der Waals surface area contributed by atoms with Crippen molar-refractivity contribution in [2.45, 2.75) is 188 Å². The number of hydrogen-bond donors (Lipinski definition) is 7. The molecule has 1 fully saturated rings. The Balaban J connectivity index is 4.26. The van der Waals surface area contributed by atoms with Crippen LogP contribution in [0.25, 0.3) is 0 Å². The van der Waals surface area contributed by atoms with E-state index >= 15 is 9.59 Å². The van der Waals surface area contributed by atoms with E-state index in [0.717, 1.165) is 30.6 Å². The summed E-state index contributed by atoms with van der Waals surface area (Å²) in [5.74, 6) is -11.4. The van der Waals surface area contributed by atoms with Gasteiger partial charge in [-0.25, -0.2) is 0 Å².